The Hall–Kier alpha value is -3.79. The van der Waals surface area contributed by atoms with Gasteiger partial charge in [0, 0.05) is 36.4 Å². The van der Waals surface area contributed by atoms with Crippen LogP contribution in [0.5, 0.6) is 5.75 Å². The molecule has 1 aliphatic heterocycles. The second-order valence-corrected chi connectivity index (χ2v) is 11.0. The van der Waals surface area contributed by atoms with Gasteiger partial charge in [0.15, 0.2) is 0 Å². The van der Waals surface area contributed by atoms with E-state index in [2.05, 4.69) is 5.32 Å². The molecule has 212 valence electrons. The SMILES string of the molecule is COCCCNC(=O)CN1C(=O)CSC(c2ccccc2Cl)c2c(-c3ccccc3)nn(-c3ccc(OC)cc3)c21. The molecule has 2 amide bonds. The predicted molar refractivity (Wildman–Crippen MR) is 163 cm³/mol. The zero-order valence-corrected chi connectivity index (χ0v) is 24.5. The molecular weight excluding hydrogens is 560 g/mol. The quantitative estimate of drug-likeness (QED) is 0.245. The van der Waals surface area contributed by atoms with Crippen LogP contribution < -0.4 is 15.0 Å². The van der Waals surface area contributed by atoms with Crippen LogP contribution in [0.3, 0.4) is 0 Å². The van der Waals surface area contributed by atoms with E-state index in [-0.39, 0.29) is 29.4 Å². The molecule has 5 rings (SSSR count). The van der Waals surface area contributed by atoms with Crippen LogP contribution in [0.4, 0.5) is 5.82 Å². The van der Waals surface area contributed by atoms with E-state index in [4.69, 9.17) is 26.2 Å². The lowest BCUT2D eigenvalue weighted by atomic mass is 9.99. The zero-order chi connectivity index (χ0) is 28.8. The lowest BCUT2D eigenvalue weighted by Gasteiger charge is -2.23. The Labute approximate surface area is 248 Å². The molecule has 3 aromatic carbocycles. The zero-order valence-electron chi connectivity index (χ0n) is 22.9. The third kappa shape index (κ3) is 6.27. The number of nitrogens with one attached hydrogen (secondary N) is 1. The minimum atomic E-state index is -0.306. The molecule has 2 heterocycles. The number of anilines is 1. The van der Waals surface area contributed by atoms with Crippen LogP contribution in [-0.4, -0.2) is 61.3 Å². The summed E-state index contributed by atoms with van der Waals surface area (Å²) in [5, 5.41) is 8.30. The number of hydrogen-bond acceptors (Lipinski definition) is 6. The van der Waals surface area contributed by atoms with Crippen LogP contribution >= 0.6 is 23.4 Å². The van der Waals surface area contributed by atoms with Gasteiger partial charge >= 0.3 is 0 Å². The molecule has 1 N–H and O–H groups in total. The lowest BCUT2D eigenvalue weighted by Crippen LogP contribution is -2.42. The summed E-state index contributed by atoms with van der Waals surface area (Å²) in [4.78, 5) is 28.5. The summed E-state index contributed by atoms with van der Waals surface area (Å²) in [5.41, 5.74) is 4.04. The smallest absolute Gasteiger partial charge is 0.240 e. The number of hydrogen-bond donors (Lipinski definition) is 1. The van der Waals surface area contributed by atoms with Gasteiger partial charge in [-0.3, -0.25) is 14.5 Å². The van der Waals surface area contributed by atoms with Crippen molar-refractivity contribution in [3.8, 4) is 22.7 Å². The number of ether oxygens (including phenoxy) is 2. The number of aromatic nitrogens is 2. The Bertz CT molecular complexity index is 1510. The number of amides is 2. The molecule has 0 saturated carbocycles. The Morgan fingerprint density at radius 1 is 1.05 bits per heavy atom. The summed E-state index contributed by atoms with van der Waals surface area (Å²) >= 11 is 8.23. The molecule has 41 heavy (non-hydrogen) atoms. The standard InChI is InChI=1S/C31H31ClN4O4S/c1-39-18-8-17-33-26(37)19-35-27(38)20-41-30(24-11-6-7-12-25(24)32)28-29(21-9-4-3-5-10-21)34-36(31(28)35)22-13-15-23(40-2)16-14-22/h3-7,9-16,30H,8,17-20H2,1-2H3,(H,33,37). The van der Waals surface area contributed by atoms with Crippen molar-refractivity contribution in [3.63, 3.8) is 0 Å². The topological polar surface area (TPSA) is 85.7 Å². The summed E-state index contributed by atoms with van der Waals surface area (Å²) < 4.78 is 12.2. The van der Waals surface area contributed by atoms with Crippen LogP contribution in [0.25, 0.3) is 16.9 Å². The first kappa shape index (κ1) is 28.7. The molecule has 10 heteroatoms. The molecule has 0 saturated heterocycles. The Kier molecular flexibility index (Phi) is 9.28. The average Bonchev–Trinajstić information content (AvgIpc) is 3.33. The number of fused-ring (bicyclic) bond motifs is 1. The first-order chi connectivity index (χ1) is 20.0. The van der Waals surface area contributed by atoms with E-state index in [1.54, 1.807) is 23.8 Å². The normalized spacial score (nSPS) is 14.9. The number of carbonyl (C=O) groups excluding carboxylic acids is 2. The van der Waals surface area contributed by atoms with Crippen molar-refractivity contribution in [3.05, 3.63) is 95.0 Å². The van der Waals surface area contributed by atoms with E-state index in [1.807, 2.05) is 78.9 Å². The van der Waals surface area contributed by atoms with Crippen molar-refractivity contribution >= 4 is 41.0 Å². The number of halogens is 1. The maximum Gasteiger partial charge on any atom is 0.240 e. The van der Waals surface area contributed by atoms with Crippen LogP contribution in [0, 0.1) is 0 Å². The molecule has 0 fully saturated rings. The predicted octanol–water partition coefficient (Wildman–Crippen LogP) is 5.52. The second kappa shape index (κ2) is 13.2. The highest BCUT2D eigenvalue weighted by Gasteiger charge is 2.38. The van der Waals surface area contributed by atoms with Crippen molar-refractivity contribution in [2.24, 2.45) is 0 Å². The number of carbonyl (C=O) groups is 2. The Balaban J connectivity index is 1.71. The van der Waals surface area contributed by atoms with Crippen molar-refractivity contribution in [2.75, 3.05) is 44.6 Å². The fourth-order valence-electron chi connectivity index (χ4n) is 4.81. The molecular formula is C31H31ClN4O4S. The van der Waals surface area contributed by atoms with Gasteiger partial charge in [0.05, 0.1) is 29.5 Å². The van der Waals surface area contributed by atoms with E-state index in [1.165, 1.54) is 11.8 Å². The van der Waals surface area contributed by atoms with Crippen molar-refractivity contribution in [2.45, 2.75) is 11.7 Å². The largest absolute Gasteiger partial charge is 0.497 e. The van der Waals surface area contributed by atoms with Crippen molar-refractivity contribution < 1.29 is 19.1 Å². The number of nitrogens with zero attached hydrogens (tertiary/aromatic N) is 3. The van der Waals surface area contributed by atoms with Crippen LogP contribution in [-0.2, 0) is 14.3 Å². The maximum absolute atomic E-state index is 13.8. The van der Waals surface area contributed by atoms with Gasteiger partial charge in [-0.25, -0.2) is 4.68 Å². The summed E-state index contributed by atoms with van der Waals surface area (Å²) in [7, 11) is 3.23. The van der Waals surface area contributed by atoms with E-state index >= 15 is 0 Å². The summed E-state index contributed by atoms with van der Waals surface area (Å²) in [6, 6.07) is 25.0. The van der Waals surface area contributed by atoms with Gasteiger partial charge < -0.3 is 14.8 Å². The van der Waals surface area contributed by atoms with Gasteiger partial charge in [-0.15, -0.1) is 11.8 Å². The number of benzene rings is 3. The minimum Gasteiger partial charge on any atom is -0.497 e. The molecule has 1 aromatic heterocycles. The Morgan fingerprint density at radius 2 is 1.78 bits per heavy atom. The van der Waals surface area contributed by atoms with E-state index in [0.29, 0.717) is 41.9 Å². The third-order valence-electron chi connectivity index (χ3n) is 6.79. The molecule has 0 spiro atoms. The fraction of sp³-hybridized carbons (Fsp3) is 0.258. The first-order valence-corrected chi connectivity index (χ1v) is 14.7. The highest BCUT2D eigenvalue weighted by Crippen LogP contribution is 2.49. The van der Waals surface area contributed by atoms with Crippen LogP contribution in [0.1, 0.15) is 22.8 Å². The van der Waals surface area contributed by atoms with Gasteiger partial charge in [0.25, 0.3) is 0 Å². The summed E-state index contributed by atoms with van der Waals surface area (Å²) in [6.07, 6.45) is 0.674. The van der Waals surface area contributed by atoms with Crippen molar-refractivity contribution in [1.82, 2.24) is 15.1 Å². The van der Waals surface area contributed by atoms with Crippen LogP contribution in [0.15, 0.2) is 78.9 Å². The highest BCUT2D eigenvalue weighted by molar-refractivity contribution is 8.00. The third-order valence-corrected chi connectivity index (χ3v) is 8.37. The summed E-state index contributed by atoms with van der Waals surface area (Å²) in [6.45, 7) is 0.837. The second-order valence-electron chi connectivity index (χ2n) is 9.45. The fourth-order valence-corrected chi connectivity index (χ4v) is 6.35. The van der Waals surface area contributed by atoms with Gasteiger partial charge in [-0.2, -0.15) is 5.10 Å². The maximum atomic E-state index is 13.8. The minimum absolute atomic E-state index is 0.148. The number of rotatable bonds is 10. The van der Waals surface area contributed by atoms with Gasteiger partial charge in [-0.05, 0) is 42.3 Å². The van der Waals surface area contributed by atoms with E-state index in [0.717, 1.165) is 22.4 Å². The molecule has 0 bridgehead atoms. The molecule has 0 radical (unpaired) electrons. The van der Waals surface area contributed by atoms with Gasteiger partial charge in [0.1, 0.15) is 18.1 Å². The molecule has 1 atom stereocenters. The van der Waals surface area contributed by atoms with E-state index < -0.39 is 0 Å². The lowest BCUT2D eigenvalue weighted by molar-refractivity contribution is -0.122. The molecule has 4 aromatic rings. The van der Waals surface area contributed by atoms with Crippen LogP contribution in [0.2, 0.25) is 5.02 Å². The number of thioether (sulfide) groups is 1. The van der Waals surface area contributed by atoms with Gasteiger partial charge in [-0.1, -0.05) is 60.1 Å². The highest BCUT2D eigenvalue weighted by atomic mass is 35.5. The first-order valence-electron chi connectivity index (χ1n) is 13.3. The molecule has 8 nitrogen and oxygen atoms in total. The van der Waals surface area contributed by atoms with Gasteiger partial charge in [0.2, 0.25) is 11.8 Å². The molecule has 0 aliphatic carbocycles. The van der Waals surface area contributed by atoms with Crippen molar-refractivity contribution in [1.29, 1.82) is 0 Å². The Morgan fingerprint density at radius 3 is 2.49 bits per heavy atom. The monoisotopic (exact) mass is 590 g/mol. The number of methoxy groups -OCH3 is 2. The molecule has 1 aliphatic rings. The average molecular weight is 591 g/mol. The summed E-state index contributed by atoms with van der Waals surface area (Å²) in [5.74, 6) is 0.958. The molecule has 1 unspecified atom stereocenters. The van der Waals surface area contributed by atoms with E-state index in [9.17, 15) is 9.59 Å².